The van der Waals surface area contributed by atoms with Crippen molar-refractivity contribution < 1.29 is 0 Å². The van der Waals surface area contributed by atoms with Crippen molar-refractivity contribution in [2.75, 3.05) is 18.0 Å². The third kappa shape index (κ3) is 5.34. The molecule has 0 amide bonds. The fourth-order valence-electron chi connectivity index (χ4n) is 4.02. The van der Waals surface area contributed by atoms with Crippen LogP contribution in [0.3, 0.4) is 0 Å². The molecule has 1 aliphatic heterocycles. The van der Waals surface area contributed by atoms with Gasteiger partial charge in [0.2, 0.25) is 0 Å². The molecule has 2 rings (SSSR count). The van der Waals surface area contributed by atoms with Crippen LogP contribution in [0, 0.1) is 0 Å². The maximum atomic E-state index is 5.19. The fourth-order valence-corrected chi connectivity index (χ4v) is 19.4. The molecule has 1 fully saturated rings. The zero-order valence-corrected chi connectivity index (χ0v) is 19.0. The van der Waals surface area contributed by atoms with Crippen LogP contribution in [0.4, 0.5) is 5.95 Å². The summed E-state index contributed by atoms with van der Waals surface area (Å²) in [6.45, 7) is 9.30. The van der Waals surface area contributed by atoms with Gasteiger partial charge in [-0.3, -0.25) is 0 Å². The van der Waals surface area contributed by atoms with Gasteiger partial charge in [0, 0.05) is 0 Å². The SMILES string of the molecule is CCC[CH2][Sn]([CH2]CCC)([CH2]CCC)[c]1ccnc(N2CCCC2)n1. The first-order chi connectivity index (χ1) is 11.8. The van der Waals surface area contributed by atoms with Crippen LogP contribution in [0.15, 0.2) is 12.3 Å². The average Bonchev–Trinajstić information content (AvgIpc) is 3.16. The van der Waals surface area contributed by atoms with Crippen molar-refractivity contribution in [3.63, 3.8) is 0 Å². The van der Waals surface area contributed by atoms with Gasteiger partial charge < -0.3 is 0 Å². The third-order valence-corrected chi connectivity index (χ3v) is 20.7. The molecule has 0 aliphatic carbocycles. The second-order valence-electron chi connectivity index (χ2n) is 7.53. The second-order valence-corrected chi connectivity index (χ2v) is 20.6. The molecule has 0 unspecified atom stereocenters. The maximum absolute atomic E-state index is 5.19. The van der Waals surface area contributed by atoms with Crippen LogP contribution in [0.5, 0.6) is 0 Å². The Balaban J connectivity index is 2.29. The Morgan fingerprint density at radius 2 is 1.46 bits per heavy atom. The Bertz CT molecular complexity index is 450. The first-order valence-corrected chi connectivity index (χ1v) is 17.8. The quantitative estimate of drug-likeness (QED) is 0.449. The molecule has 0 aromatic carbocycles. The van der Waals surface area contributed by atoms with Gasteiger partial charge in [-0.15, -0.1) is 0 Å². The number of nitrogens with zero attached hydrogens (tertiary/aromatic N) is 3. The van der Waals surface area contributed by atoms with Crippen LogP contribution in [-0.2, 0) is 0 Å². The standard InChI is InChI=1S/C8H10N3.3C4H9.Sn/c1-2-7-11(6-1)8-9-4-3-5-10-8;3*1-3-4-2;/h3-4H,1-2,6-7H2;3*1,3-4H2,2H3;. The van der Waals surface area contributed by atoms with E-state index in [1.165, 1.54) is 68.4 Å². The molecule has 1 saturated heterocycles. The normalized spacial score (nSPS) is 15.2. The molecule has 0 N–H and O–H groups in total. The van der Waals surface area contributed by atoms with Crippen LogP contribution in [0.1, 0.15) is 72.1 Å². The Labute approximate surface area is 153 Å². The molecule has 3 nitrogen and oxygen atoms in total. The summed E-state index contributed by atoms with van der Waals surface area (Å²) in [5.41, 5.74) is 0. The van der Waals surface area contributed by atoms with E-state index in [0.717, 1.165) is 19.0 Å². The van der Waals surface area contributed by atoms with Gasteiger partial charge in [-0.1, -0.05) is 0 Å². The van der Waals surface area contributed by atoms with Gasteiger partial charge in [-0.05, 0) is 0 Å². The van der Waals surface area contributed by atoms with E-state index in [4.69, 9.17) is 4.98 Å². The van der Waals surface area contributed by atoms with Gasteiger partial charge in [-0.2, -0.15) is 0 Å². The van der Waals surface area contributed by atoms with E-state index in [1.54, 1.807) is 0 Å². The number of aromatic nitrogens is 2. The van der Waals surface area contributed by atoms with Crippen LogP contribution in [-0.4, -0.2) is 41.4 Å². The average molecular weight is 438 g/mol. The summed E-state index contributed by atoms with van der Waals surface area (Å²) in [6, 6.07) is 2.30. The molecule has 1 aromatic rings. The van der Waals surface area contributed by atoms with E-state index in [0.29, 0.717) is 0 Å². The van der Waals surface area contributed by atoms with E-state index in [-0.39, 0.29) is 0 Å². The molecule has 0 radical (unpaired) electrons. The Morgan fingerprint density at radius 1 is 0.917 bits per heavy atom. The molecular weight excluding hydrogens is 401 g/mol. The molecule has 0 atom stereocenters. The summed E-state index contributed by atoms with van der Waals surface area (Å²) in [5.74, 6) is 1.02. The van der Waals surface area contributed by atoms with E-state index in [2.05, 4.69) is 42.9 Å². The first-order valence-electron chi connectivity index (χ1n) is 10.3. The van der Waals surface area contributed by atoms with Crippen molar-refractivity contribution in [1.82, 2.24) is 9.97 Å². The van der Waals surface area contributed by atoms with Crippen LogP contribution in [0.25, 0.3) is 0 Å². The van der Waals surface area contributed by atoms with Crippen molar-refractivity contribution in [2.45, 2.75) is 85.4 Å². The monoisotopic (exact) mass is 439 g/mol. The number of anilines is 1. The number of hydrogen-bond acceptors (Lipinski definition) is 3. The topological polar surface area (TPSA) is 29.0 Å². The van der Waals surface area contributed by atoms with Gasteiger partial charge in [0.05, 0.1) is 0 Å². The predicted molar refractivity (Wildman–Crippen MR) is 108 cm³/mol. The van der Waals surface area contributed by atoms with Gasteiger partial charge in [-0.25, -0.2) is 0 Å². The number of unbranched alkanes of at least 4 members (excludes halogenated alkanes) is 3. The van der Waals surface area contributed by atoms with Crippen LogP contribution < -0.4 is 8.61 Å². The fraction of sp³-hybridized carbons (Fsp3) is 0.800. The Kier molecular flexibility index (Phi) is 8.85. The number of rotatable bonds is 11. The molecule has 1 aliphatic rings. The molecule has 4 heteroatoms. The summed E-state index contributed by atoms with van der Waals surface area (Å²) in [7, 11) is 0. The molecule has 24 heavy (non-hydrogen) atoms. The minimum atomic E-state index is -2.39. The summed E-state index contributed by atoms with van der Waals surface area (Å²) < 4.78 is 5.99. The Morgan fingerprint density at radius 3 is 1.96 bits per heavy atom. The molecule has 1 aromatic heterocycles. The van der Waals surface area contributed by atoms with Crippen LogP contribution in [0.2, 0.25) is 13.3 Å². The summed E-state index contributed by atoms with van der Waals surface area (Å²) in [6.07, 6.45) is 12.8. The van der Waals surface area contributed by atoms with Gasteiger partial charge in [0.1, 0.15) is 0 Å². The number of hydrogen-bond donors (Lipinski definition) is 0. The molecule has 0 saturated carbocycles. The predicted octanol–water partition coefficient (Wildman–Crippen LogP) is 5.13. The van der Waals surface area contributed by atoms with Crippen molar-refractivity contribution in [2.24, 2.45) is 0 Å². The Hall–Kier alpha value is -0.321. The van der Waals surface area contributed by atoms with Crippen molar-refractivity contribution in [3.05, 3.63) is 12.3 Å². The molecule has 136 valence electrons. The summed E-state index contributed by atoms with van der Waals surface area (Å²) >= 11 is -2.39. The van der Waals surface area contributed by atoms with Crippen LogP contribution >= 0.6 is 0 Å². The van der Waals surface area contributed by atoms with Crippen molar-refractivity contribution in [3.8, 4) is 0 Å². The third-order valence-electron chi connectivity index (χ3n) is 5.60. The summed E-state index contributed by atoms with van der Waals surface area (Å²) in [5, 5.41) is 0. The van der Waals surface area contributed by atoms with E-state index < -0.39 is 18.4 Å². The second kappa shape index (κ2) is 10.6. The molecular formula is C20H37N3Sn. The molecule has 2 heterocycles. The van der Waals surface area contributed by atoms with E-state index in [9.17, 15) is 0 Å². The van der Waals surface area contributed by atoms with Crippen molar-refractivity contribution in [1.29, 1.82) is 0 Å². The zero-order chi connectivity index (χ0) is 17.3. The first kappa shape index (κ1) is 20.0. The molecule has 0 bridgehead atoms. The van der Waals surface area contributed by atoms with E-state index in [1.807, 2.05) is 0 Å². The van der Waals surface area contributed by atoms with Gasteiger partial charge in [0.15, 0.2) is 0 Å². The molecule has 0 spiro atoms. The van der Waals surface area contributed by atoms with Gasteiger partial charge >= 0.3 is 154 Å². The minimum absolute atomic E-state index is 1.02. The van der Waals surface area contributed by atoms with Crippen molar-refractivity contribution >= 4 is 28.0 Å². The zero-order valence-electron chi connectivity index (χ0n) is 16.2. The van der Waals surface area contributed by atoms with Gasteiger partial charge in [0.25, 0.3) is 0 Å². The summed E-state index contributed by atoms with van der Waals surface area (Å²) in [4.78, 5) is 12.2. The van der Waals surface area contributed by atoms with E-state index >= 15 is 0 Å².